The average Bonchev–Trinajstić information content (AvgIpc) is 3.15. The number of rotatable bonds is 4. The Morgan fingerprint density at radius 3 is 2.96 bits per heavy atom. The van der Waals surface area contributed by atoms with E-state index < -0.39 is 0 Å². The lowest BCUT2D eigenvalue weighted by Crippen LogP contribution is -2.41. The SMILES string of the molecule is C#CCOc1ccc(NC(=O)N2CCCCC2c2ncn[nH]2)cc1. The van der Waals surface area contributed by atoms with E-state index in [2.05, 4.69) is 26.4 Å². The third-order valence-electron chi connectivity index (χ3n) is 3.94. The molecule has 1 saturated heterocycles. The van der Waals surface area contributed by atoms with Crippen molar-refractivity contribution in [3.8, 4) is 18.1 Å². The summed E-state index contributed by atoms with van der Waals surface area (Å²) in [6.07, 6.45) is 9.55. The third-order valence-corrected chi connectivity index (χ3v) is 3.94. The molecule has 2 N–H and O–H groups in total. The Bertz CT molecular complexity index is 706. The van der Waals surface area contributed by atoms with E-state index in [1.807, 2.05) is 0 Å². The quantitative estimate of drug-likeness (QED) is 0.846. The maximum atomic E-state index is 12.6. The molecule has 24 heavy (non-hydrogen) atoms. The number of aromatic amines is 1. The van der Waals surface area contributed by atoms with Gasteiger partial charge in [-0.3, -0.25) is 5.10 Å². The summed E-state index contributed by atoms with van der Waals surface area (Å²) < 4.78 is 5.32. The number of piperidine rings is 1. The molecule has 7 nitrogen and oxygen atoms in total. The highest BCUT2D eigenvalue weighted by molar-refractivity contribution is 5.89. The number of nitrogens with zero attached hydrogens (tertiary/aromatic N) is 3. The van der Waals surface area contributed by atoms with Crippen LogP contribution in [0.2, 0.25) is 0 Å². The van der Waals surface area contributed by atoms with Crippen LogP contribution in [0.1, 0.15) is 31.1 Å². The molecule has 3 rings (SSSR count). The highest BCUT2D eigenvalue weighted by atomic mass is 16.5. The summed E-state index contributed by atoms with van der Waals surface area (Å²) in [5.74, 6) is 3.81. The molecule has 124 valence electrons. The van der Waals surface area contributed by atoms with E-state index in [-0.39, 0.29) is 18.7 Å². The van der Waals surface area contributed by atoms with Crippen LogP contribution < -0.4 is 10.1 Å². The van der Waals surface area contributed by atoms with Crippen LogP contribution in [0.5, 0.6) is 5.75 Å². The summed E-state index contributed by atoms with van der Waals surface area (Å²) in [7, 11) is 0. The number of aromatic nitrogens is 3. The van der Waals surface area contributed by atoms with Crippen LogP contribution in [0.4, 0.5) is 10.5 Å². The largest absolute Gasteiger partial charge is 0.481 e. The normalized spacial score (nSPS) is 17.1. The second kappa shape index (κ2) is 7.51. The first-order valence-electron chi connectivity index (χ1n) is 7.87. The number of benzene rings is 1. The third kappa shape index (κ3) is 3.66. The van der Waals surface area contributed by atoms with Crippen molar-refractivity contribution in [2.45, 2.75) is 25.3 Å². The molecule has 1 fully saturated rings. The topological polar surface area (TPSA) is 83.1 Å². The van der Waals surface area contributed by atoms with Gasteiger partial charge in [0.2, 0.25) is 0 Å². The van der Waals surface area contributed by atoms with Crippen molar-refractivity contribution in [1.29, 1.82) is 0 Å². The van der Waals surface area contributed by atoms with Gasteiger partial charge >= 0.3 is 6.03 Å². The monoisotopic (exact) mass is 325 g/mol. The summed E-state index contributed by atoms with van der Waals surface area (Å²) in [6.45, 7) is 0.916. The lowest BCUT2D eigenvalue weighted by Gasteiger charge is -2.34. The van der Waals surface area contributed by atoms with E-state index in [1.165, 1.54) is 6.33 Å². The molecule has 0 radical (unpaired) electrons. The molecule has 1 aliphatic rings. The number of ether oxygens (including phenoxy) is 1. The van der Waals surface area contributed by atoms with Gasteiger partial charge in [0.25, 0.3) is 0 Å². The molecule has 1 unspecified atom stereocenters. The number of hydrogen-bond acceptors (Lipinski definition) is 4. The molecule has 0 aliphatic carbocycles. The molecule has 0 saturated carbocycles. The van der Waals surface area contributed by atoms with E-state index in [1.54, 1.807) is 29.2 Å². The van der Waals surface area contributed by atoms with Gasteiger partial charge in [-0.15, -0.1) is 6.42 Å². The average molecular weight is 325 g/mol. The van der Waals surface area contributed by atoms with Crippen molar-refractivity contribution in [2.75, 3.05) is 18.5 Å². The predicted molar refractivity (Wildman–Crippen MR) is 89.5 cm³/mol. The van der Waals surface area contributed by atoms with Crippen LogP contribution in [0, 0.1) is 12.3 Å². The van der Waals surface area contributed by atoms with Gasteiger partial charge in [-0.1, -0.05) is 5.92 Å². The molecule has 1 aliphatic heterocycles. The second-order valence-corrected chi connectivity index (χ2v) is 5.52. The summed E-state index contributed by atoms with van der Waals surface area (Å²) in [6, 6.07) is 6.91. The number of likely N-dealkylation sites (tertiary alicyclic amines) is 1. The zero-order chi connectivity index (χ0) is 16.8. The molecule has 1 aromatic heterocycles. The lowest BCUT2D eigenvalue weighted by atomic mass is 10.0. The van der Waals surface area contributed by atoms with Crippen LogP contribution >= 0.6 is 0 Å². The Morgan fingerprint density at radius 2 is 2.25 bits per heavy atom. The Balaban J connectivity index is 1.65. The van der Waals surface area contributed by atoms with E-state index in [0.717, 1.165) is 25.1 Å². The van der Waals surface area contributed by atoms with Crippen LogP contribution in [0.15, 0.2) is 30.6 Å². The number of anilines is 1. The summed E-state index contributed by atoms with van der Waals surface area (Å²) >= 11 is 0. The first-order valence-corrected chi connectivity index (χ1v) is 7.87. The number of amides is 2. The molecule has 2 amide bonds. The molecule has 1 atom stereocenters. The molecular formula is C17H19N5O2. The maximum Gasteiger partial charge on any atom is 0.322 e. The smallest absolute Gasteiger partial charge is 0.322 e. The minimum Gasteiger partial charge on any atom is -0.481 e. The molecule has 2 heterocycles. The number of terminal acetylenes is 1. The van der Waals surface area contributed by atoms with Crippen molar-refractivity contribution >= 4 is 11.7 Å². The Kier molecular flexibility index (Phi) is 4.96. The van der Waals surface area contributed by atoms with Gasteiger partial charge in [0.15, 0.2) is 0 Å². The maximum absolute atomic E-state index is 12.6. The predicted octanol–water partition coefficient (Wildman–Crippen LogP) is 2.58. The fourth-order valence-corrected chi connectivity index (χ4v) is 2.79. The van der Waals surface area contributed by atoms with Crippen LogP contribution in [0.25, 0.3) is 0 Å². The number of urea groups is 1. The van der Waals surface area contributed by atoms with Crippen molar-refractivity contribution in [1.82, 2.24) is 20.1 Å². The van der Waals surface area contributed by atoms with Gasteiger partial charge in [-0.25, -0.2) is 9.78 Å². The standard InChI is InChI=1S/C17H19N5O2/c1-2-11-24-14-8-6-13(7-9-14)20-17(23)22-10-4-3-5-15(22)16-18-12-19-21-16/h1,6-9,12,15H,3-5,10-11H2,(H,20,23)(H,18,19,21). The Hall–Kier alpha value is -3.01. The number of carbonyl (C=O) groups excluding carboxylic acids is 1. The van der Waals surface area contributed by atoms with Crippen LogP contribution in [0.3, 0.4) is 0 Å². The number of hydrogen-bond donors (Lipinski definition) is 2. The van der Waals surface area contributed by atoms with E-state index in [4.69, 9.17) is 11.2 Å². The second-order valence-electron chi connectivity index (χ2n) is 5.52. The molecule has 0 spiro atoms. The zero-order valence-corrected chi connectivity index (χ0v) is 13.2. The fourth-order valence-electron chi connectivity index (χ4n) is 2.79. The van der Waals surface area contributed by atoms with Gasteiger partial charge in [0.05, 0.1) is 6.04 Å². The number of carbonyl (C=O) groups is 1. The van der Waals surface area contributed by atoms with Gasteiger partial charge in [0, 0.05) is 12.2 Å². The molecule has 0 bridgehead atoms. The Morgan fingerprint density at radius 1 is 1.42 bits per heavy atom. The minimum atomic E-state index is -0.145. The lowest BCUT2D eigenvalue weighted by molar-refractivity contribution is 0.159. The van der Waals surface area contributed by atoms with Crippen molar-refractivity contribution < 1.29 is 9.53 Å². The summed E-state index contributed by atoms with van der Waals surface area (Å²) in [5, 5.41) is 9.67. The highest BCUT2D eigenvalue weighted by Gasteiger charge is 2.29. The molecule has 1 aromatic carbocycles. The van der Waals surface area contributed by atoms with E-state index >= 15 is 0 Å². The van der Waals surface area contributed by atoms with Crippen LogP contribution in [-0.2, 0) is 0 Å². The van der Waals surface area contributed by atoms with Gasteiger partial charge < -0.3 is 15.0 Å². The number of H-pyrrole nitrogens is 1. The first kappa shape index (κ1) is 15.9. The molecule has 2 aromatic rings. The van der Waals surface area contributed by atoms with Gasteiger partial charge in [-0.2, -0.15) is 5.10 Å². The van der Waals surface area contributed by atoms with E-state index in [9.17, 15) is 4.79 Å². The first-order chi connectivity index (χ1) is 11.8. The summed E-state index contributed by atoms with van der Waals surface area (Å²) in [5.41, 5.74) is 0.704. The van der Waals surface area contributed by atoms with Crippen molar-refractivity contribution in [2.24, 2.45) is 0 Å². The Labute approximate surface area is 140 Å². The minimum absolute atomic E-state index is 0.0699. The van der Waals surface area contributed by atoms with Gasteiger partial charge in [0.1, 0.15) is 24.5 Å². The van der Waals surface area contributed by atoms with E-state index in [0.29, 0.717) is 18.0 Å². The van der Waals surface area contributed by atoms with Crippen LogP contribution in [-0.4, -0.2) is 39.3 Å². The molecule has 7 heteroatoms. The highest BCUT2D eigenvalue weighted by Crippen LogP contribution is 2.29. The zero-order valence-electron chi connectivity index (χ0n) is 13.2. The van der Waals surface area contributed by atoms with Crippen molar-refractivity contribution in [3.63, 3.8) is 0 Å². The summed E-state index contributed by atoms with van der Waals surface area (Å²) in [4.78, 5) is 18.6. The molecular weight excluding hydrogens is 306 g/mol. The number of nitrogens with one attached hydrogen (secondary N) is 2. The fraction of sp³-hybridized carbons (Fsp3) is 0.353. The van der Waals surface area contributed by atoms with Gasteiger partial charge in [-0.05, 0) is 43.5 Å². The van der Waals surface area contributed by atoms with Crippen molar-refractivity contribution in [3.05, 3.63) is 36.4 Å².